The summed E-state index contributed by atoms with van der Waals surface area (Å²) in [6.45, 7) is 0. The fourth-order valence-electron chi connectivity index (χ4n) is 7.97. The second kappa shape index (κ2) is 11.0. The van der Waals surface area contributed by atoms with Gasteiger partial charge in [0.1, 0.15) is 0 Å². The highest BCUT2D eigenvalue weighted by Crippen LogP contribution is 2.39. The van der Waals surface area contributed by atoms with Crippen LogP contribution in [0.4, 0.5) is 0 Å². The summed E-state index contributed by atoms with van der Waals surface area (Å²) in [4.78, 5) is 9.13. The molecule has 11 rings (SSSR count). The molecule has 238 valence electrons. The smallest absolute Gasteiger partial charge is 0.0724 e. The van der Waals surface area contributed by atoms with E-state index in [0.717, 1.165) is 44.6 Å². The highest BCUT2D eigenvalue weighted by Gasteiger charge is 2.18. The molecule has 0 radical (unpaired) electrons. The van der Waals surface area contributed by atoms with Crippen LogP contribution in [0, 0.1) is 0 Å². The molecule has 0 bridgehead atoms. The Hall–Kier alpha value is -6.56. The molecule has 0 saturated carbocycles. The second-order valence-corrected chi connectivity index (χ2v) is 14.2. The average molecular weight is 669 g/mol. The highest BCUT2D eigenvalue weighted by molar-refractivity contribution is 7.25. The van der Waals surface area contributed by atoms with Gasteiger partial charge >= 0.3 is 0 Å². The zero-order valence-electron chi connectivity index (χ0n) is 27.4. The maximum atomic E-state index is 4.57. The Labute approximate surface area is 297 Å². The fourth-order valence-corrected chi connectivity index (χ4v) is 9.06. The third kappa shape index (κ3) is 4.32. The predicted molar refractivity (Wildman–Crippen MR) is 214 cm³/mol. The molecule has 0 amide bonds. The molecule has 5 heteroatoms. The summed E-state index contributed by atoms with van der Waals surface area (Å²) in [6.07, 6.45) is 7.72. The Balaban J connectivity index is 1.13. The van der Waals surface area contributed by atoms with Crippen LogP contribution in [-0.2, 0) is 0 Å². The zero-order chi connectivity index (χ0) is 33.5. The van der Waals surface area contributed by atoms with Gasteiger partial charge in [0.05, 0.1) is 34.5 Å². The van der Waals surface area contributed by atoms with Gasteiger partial charge in [0.2, 0.25) is 0 Å². The van der Waals surface area contributed by atoms with E-state index in [2.05, 4.69) is 165 Å². The summed E-state index contributed by atoms with van der Waals surface area (Å²) in [7, 11) is 0. The van der Waals surface area contributed by atoms with Gasteiger partial charge in [0, 0.05) is 65.5 Å². The van der Waals surface area contributed by atoms with Crippen molar-refractivity contribution < 1.29 is 0 Å². The molecule has 0 aliphatic heterocycles. The SMILES string of the molecule is c1ccc2c(c1)sc1ccc(-c3ccc(-c4cc(-n5c6ccccc6c6ccncc65)cc(-n5c6ccccc6c6ccncc65)c4)cc3)cc12. The molecule has 5 heterocycles. The van der Waals surface area contributed by atoms with Gasteiger partial charge in [-0.2, -0.15) is 0 Å². The van der Waals surface area contributed by atoms with Crippen molar-refractivity contribution in [2.45, 2.75) is 0 Å². The van der Waals surface area contributed by atoms with Crippen molar-refractivity contribution in [3.63, 3.8) is 0 Å². The highest BCUT2D eigenvalue weighted by atomic mass is 32.1. The van der Waals surface area contributed by atoms with Crippen LogP contribution < -0.4 is 0 Å². The number of hydrogen-bond donors (Lipinski definition) is 0. The lowest BCUT2D eigenvalue weighted by molar-refractivity contribution is 1.12. The van der Waals surface area contributed by atoms with Crippen molar-refractivity contribution in [3.8, 4) is 33.6 Å². The predicted octanol–water partition coefficient (Wildman–Crippen LogP) is 12.4. The number of hydrogen-bond acceptors (Lipinski definition) is 3. The van der Waals surface area contributed by atoms with E-state index < -0.39 is 0 Å². The number of pyridine rings is 2. The Kier molecular flexibility index (Phi) is 6.09. The molecule has 0 atom stereocenters. The molecule has 0 aliphatic carbocycles. The number of para-hydroxylation sites is 2. The van der Waals surface area contributed by atoms with Gasteiger partial charge in [-0.15, -0.1) is 11.3 Å². The van der Waals surface area contributed by atoms with E-state index in [1.165, 1.54) is 52.8 Å². The first kappa shape index (κ1) is 28.3. The fraction of sp³-hybridized carbons (Fsp3) is 0. The number of fused-ring (bicyclic) bond motifs is 9. The van der Waals surface area contributed by atoms with Crippen LogP contribution >= 0.6 is 11.3 Å². The summed E-state index contributed by atoms with van der Waals surface area (Å²) in [6, 6.07) is 53.0. The third-order valence-corrected chi connectivity index (χ3v) is 11.5. The standard InChI is InChI=1S/C46H28N4S/c1-4-10-41-35(7-1)37-19-21-47-27-43(37)49(41)33-23-32(24-34(26-33)50-42-11-5-2-8-36(42)38-20-22-48-28-44(38)50)30-15-13-29(14-16-30)31-17-18-46-40(25-31)39-9-3-6-12-45(39)51-46/h1-28H. The lowest BCUT2D eigenvalue weighted by Gasteiger charge is -2.16. The van der Waals surface area contributed by atoms with E-state index >= 15 is 0 Å². The van der Waals surface area contributed by atoms with E-state index in [-0.39, 0.29) is 0 Å². The summed E-state index contributed by atoms with van der Waals surface area (Å²) < 4.78 is 7.35. The molecule has 0 fully saturated rings. The lowest BCUT2D eigenvalue weighted by atomic mass is 9.98. The summed E-state index contributed by atoms with van der Waals surface area (Å²) in [5, 5.41) is 7.43. The Bertz CT molecular complexity index is 2910. The number of aromatic nitrogens is 4. The number of thiophene rings is 1. The third-order valence-electron chi connectivity index (χ3n) is 10.3. The van der Waals surface area contributed by atoms with Crippen LogP contribution in [-0.4, -0.2) is 19.1 Å². The molecule has 11 aromatic rings. The first-order chi connectivity index (χ1) is 25.3. The number of nitrogens with zero attached hydrogens (tertiary/aromatic N) is 4. The minimum atomic E-state index is 1.08. The molecule has 0 saturated heterocycles. The number of benzene rings is 6. The van der Waals surface area contributed by atoms with Crippen LogP contribution in [0.2, 0.25) is 0 Å². The van der Waals surface area contributed by atoms with Crippen LogP contribution in [0.5, 0.6) is 0 Å². The maximum Gasteiger partial charge on any atom is 0.0724 e. The lowest BCUT2D eigenvalue weighted by Crippen LogP contribution is -2.00. The van der Waals surface area contributed by atoms with Gasteiger partial charge in [-0.1, -0.05) is 84.9 Å². The largest absolute Gasteiger partial charge is 0.308 e. The minimum absolute atomic E-state index is 1.08. The zero-order valence-corrected chi connectivity index (χ0v) is 28.2. The Morgan fingerprint density at radius 1 is 0.353 bits per heavy atom. The Morgan fingerprint density at radius 3 is 1.47 bits per heavy atom. The van der Waals surface area contributed by atoms with Crippen LogP contribution in [0.3, 0.4) is 0 Å². The van der Waals surface area contributed by atoms with Crippen molar-refractivity contribution in [1.29, 1.82) is 0 Å². The molecule has 4 nitrogen and oxygen atoms in total. The van der Waals surface area contributed by atoms with Crippen molar-refractivity contribution in [3.05, 3.63) is 170 Å². The van der Waals surface area contributed by atoms with Gasteiger partial charge in [0.15, 0.2) is 0 Å². The number of rotatable bonds is 4. The minimum Gasteiger partial charge on any atom is -0.308 e. The van der Waals surface area contributed by atoms with E-state index in [1.807, 2.05) is 36.1 Å². The van der Waals surface area contributed by atoms with Gasteiger partial charge in [0.25, 0.3) is 0 Å². The molecule has 6 aromatic carbocycles. The van der Waals surface area contributed by atoms with E-state index in [0.29, 0.717) is 0 Å². The molecular weight excluding hydrogens is 641 g/mol. The van der Waals surface area contributed by atoms with Crippen LogP contribution in [0.15, 0.2) is 170 Å². The molecule has 0 unspecified atom stereocenters. The van der Waals surface area contributed by atoms with Gasteiger partial charge in [-0.3, -0.25) is 9.97 Å². The van der Waals surface area contributed by atoms with Crippen molar-refractivity contribution in [2.75, 3.05) is 0 Å². The van der Waals surface area contributed by atoms with E-state index in [1.54, 1.807) is 0 Å². The quantitative estimate of drug-likeness (QED) is 0.187. The molecule has 0 spiro atoms. The molecule has 5 aromatic heterocycles. The first-order valence-corrected chi connectivity index (χ1v) is 17.9. The topological polar surface area (TPSA) is 35.6 Å². The Morgan fingerprint density at radius 2 is 0.843 bits per heavy atom. The second-order valence-electron chi connectivity index (χ2n) is 13.1. The molecular formula is C46H28N4S. The van der Waals surface area contributed by atoms with Crippen LogP contribution in [0.1, 0.15) is 0 Å². The van der Waals surface area contributed by atoms with E-state index in [4.69, 9.17) is 0 Å². The van der Waals surface area contributed by atoms with Crippen LogP contribution in [0.25, 0.3) is 97.4 Å². The summed E-state index contributed by atoms with van der Waals surface area (Å²) in [5.74, 6) is 0. The normalized spacial score (nSPS) is 11.9. The molecule has 0 aliphatic rings. The van der Waals surface area contributed by atoms with Crippen molar-refractivity contribution in [2.24, 2.45) is 0 Å². The van der Waals surface area contributed by atoms with Gasteiger partial charge in [-0.25, -0.2) is 0 Å². The molecule has 0 N–H and O–H groups in total. The van der Waals surface area contributed by atoms with Gasteiger partial charge in [-0.05, 0) is 82.9 Å². The van der Waals surface area contributed by atoms with Crippen molar-refractivity contribution in [1.82, 2.24) is 19.1 Å². The van der Waals surface area contributed by atoms with Gasteiger partial charge < -0.3 is 9.13 Å². The summed E-state index contributed by atoms with van der Waals surface area (Å²) >= 11 is 1.86. The summed E-state index contributed by atoms with van der Waals surface area (Å²) in [5.41, 5.74) is 11.3. The maximum absolute atomic E-state index is 4.57. The first-order valence-electron chi connectivity index (χ1n) is 17.1. The molecule has 51 heavy (non-hydrogen) atoms. The van der Waals surface area contributed by atoms with E-state index in [9.17, 15) is 0 Å². The average Bonchev–Trinajstić information content (AvgIpc) is 3.85. The monoisotopic (exact) mass is 668 g/mol. The van der Waals surface area contributed by atoms with Crippen molar-refractivity contribution >= 4 is 75.1 Å².